The van der Waals surface area contributed by atoms with Crippen molar-refractivity contribution in [3.63, 3.8) is 0 Å². The molecule has 1 N–H and O–H groups in total. The molecule has 0 aromatic carbocycles. The maximum Gasteiger partial charge on any atom is 0.409 e. The SMILES string of the molecule is CC[C@@](Br)(NC(=O)OC(C)(C)C)C(=O)OC(C)(C)C. The third-order valence-corrected chi connectivity index (χ3v) is 2.99. The molecule has 19 heavy (non-hydrogen) atoms. The van der Waals surface area contributed by atoms with E-state index in [1.165, 1.54) is 0 Å². The molecular formula is C13H24BrNO4. The number of rotatable bonds is 3. The highest BCUT2D eigenvalue weighted by Gasteiger charge is 2.40. The van der Waals surface area contributed by atoms with Gasteiger partial charge in [0.1, 0.15) is 11.2 Å². The number of alkyl halides is 1. The molecule has 0 saturated heterocycles. The zero-order chi connectivity index (χ0) is 15.5. The normalized spacial score (nSPS) is 15.4. The predicted molar refractivity (Wildman–Crippen MR) is 77.2 cm³/mol. The van der Waals surface area contributed by atoms with Crippen LogP contribution in [0, 0.1) is 0 Å². The van der Waals surface area contributed by atoms with E-state index in [1.807, 2.05) is 0 Å². The molecule has 0 fully saturated rings. The maximum atomic E-state index is 12.1. The van der Waals surface area contributed by atoms with Crippen molar-refractivity contribution < 1.29 is 19.1 Å². The van der Waals surface area contributed by atoms with Gasteiger partial charge in [-0.25, -0.2) is 9.59 Å². The minimum absolute atomic E-state index is 0.334. The first-order valence-electron chi connectivity index (χ1n) is 6.22. The van der Waals surface area contributed by atoms with E-state index in [9.17, 15) is 9.59 Å². The van der Waals surface area contributed by atoms with Crippen LogP contribution in [0.25, 0.3) is 0 Å². The second-order valence-corrected chi connectivity index (χ2v) is 7.64. The molecule has 0 aliphatic rings. The van der Waals surface area contributed by atoms with E-state index in [-0.39, 0.29) is 0 Å². The lowest BCUT2D eigenvalue weighted by Gasteiger charge is -2.30. The summed E-state index contributed by atoms with van der Waals surface area (Å²) in [5.41, 5.74) is -1.25. The third-order valence-electron chi connectivity index (χ3n) is 1.91. The van der Waals surface area contributed by atoms with Crippen LogP contribution in [0.4, 0.5) is 4.79 Å². The summed E-state index contributed by atoms with van der Waals surface area (Å²) < 4.78 is 9.12. The van der Waals surface area contributed by atoms with Gasteiger partial charge in [-0.3, -0.25) is 5.32 Å². The molecule has 0 saturated carbocycles. The minimum atomic E-state index is -1.28. The molecule has 0 rings (SSSR count). The number of ether oxygens (including phenoxy) is 2. The van der Waals surface area contributed by atoms with Gasteiger partial charge in [0.2, 0.25) is 0 Å². The van der Waals surface area contributed by atoms with Gasteiger partial charge in [-0.05, 0) is 63.9 Å². The van der Waals surface area contributed by atoms with E-state index in [1.54, 1.807) is 48.5 Å². The molecule has 0 aromatic heterocycles. The Hall–Kier alpha value is -0.780. The quantitative estimate of drug-likeness (QED) is 0.487. The summed E-state index contributed by atoms with van der Waals surface area (Å²) in [5, 5.41) is 2.50. The molecular weight excluding hydrogens is 314 g/mol. The fraction of sp³-hybridized carbons (Fsp3) is 0.846. The monoisotopic (exact) mass is 337 g/mol. The molecule has 5 nitrogen and oxygen atoms in total. The zero-order valence-electron chi connectivity index (χ0n) is 12.7. The molecule has 0 heterocycles. The number of esters is 1. The number of carbonyl (C=O) groups is 2. The number of hydrogen-bond donors (Lipinski definition) is 1. The van der Waals surface area contributed by atoms with Gasteiger partial charge in [0, 0.05) is 0 Å². The van der Waals surface area contributed by atoms with Crippen LogP contribution >= 0.6 is 15.9 Å². The molecule has 0 aliphatic heterocycles. The van der Waals surface area contributed by atoms with Gasteiger partial charge >= 0.3 is 12.1 Å². The summed E-state index contributed by atoms with van der Waals surface area (Å²) in [6, 6.07) is 0. The first-order valence-corrected chi connectivity index (χ1v) is 7.02. The number of amides is 1. The van der Waals surface area contributed by atoms with Crippen LogP contribution < -0.4 is 5.32 Å². The Balaban J connectivity index is 4.79. The Bertz CT molecular complexity index is 344. The molecule has 0 spiro atoms. The van der Waals surface area contributed by atoms with Crippen molar-refractivity contribution in [3.8, 4) is 0 Å². The molecule has 112 valence electrons. The van der Waals surface area contributed by atoms with Crippen LogP contribution in [-0.4, -0.2) is 27.7 Å². The van der Waals surface area contributed by atoms with Crippen LogP contribution in [0.3, 0.4) is 0 Å². The smallest absolute Gasteiger partial charge is 0.409 e. The summed E-state index contributed by atoms with van der Waals surface area (Å²) in [6.07, 6.45) is -0.335. The standard InChI is InChI=1S/C13H24BrNO4/c1-8-13(14,9(16)18-11(2,3)4)15-10(17)19-12(5,6)7/h8H2,1-7H3,(H,15,17)/t13-/m1/s1. The molecule has 0 aliphatic carbocycles. The average molecular weight is 338 g/mol. The van der Waals surface area contributed by atoms with Crippen molar-refractivity contribution in [1.29, 1.82) is 0 Å². The number of alkyl carbamates (subject to hydrolysis) is 1. The Labute approximate surface area is 123 Å². The van der Waals surface area contributed by atoms with Crippen molar-refractivity contribution in [2.75, 3.05) is 0 Å². The topological polar surface area (TPSA) is 64.6 Å². The lowest BCUT2D eigenvalue weighted by Crippen LogP contribution is -2.52. The summed E-state index contributed by atoms with van der Waals surface area (Å²) in [4.78, 5) is 23.8. The molecule has 6 heteroatoms. The van der Waals surface area contributed by atoms with Crippen LogP contribution in [-0.2, 0) is 14.3 Å². The Morgan fingerprint density at radius 3 is 1.74 bits per heavy atom. The van der Waals surface area contributed by atoms with E-state index in [2.05, 4.69) is 21.2 Å². The predicted octanol–water partition coefficient (Wildman–Crippen LogP) is 3.35. The lowest BCUT2D eigenvalue weighted by molar-refractivity contribution is -0.158. The van der Waals surface area contributed by atoms with Crippen LogP contribution in [0.15, 0.2) is 0 Å². The first-order chi connectivity index (χ1) is 8.29. The Morgan fingerprint density at radius 1 is 1.00 bits per heavy atom. The number of hydrogen-bond acceptors (Lipinski definition) is 4. The molecule has 0 radical (unpaired) electrons. The largest absolute Gasteiger partial charge is 0.458 e. The zero-order valence-corrected chi connectivity index (χ0v) is 14.3. The van der Waals surface area contributed by atoms with E-state index in [4.69, 9.17) is 9.47 Å². The maximum absolute atomic E-state index is 12.1. The van der Waals surface area contributed by atoms with Gasteiger partial charge in [0.15, 0.2) is 4.45 Å². The Kier molecular flexibility index (Phi) is 5.86. The van der Waals surface area contributed by atoms with Crippen molar-refractivity contribution >= 4 is 28.0 Å². The van der Waals surface area contributed by atoms with E-state index >= 15 is 0 Å². The van der Waals surface area contributed by atoms with Crippen molar-refractivity contribution in [1.82, 2.24) is 5.32 Å². The van der Waals surface area contributed by atoms with Gasteiger partial charge in [-0.2, -0.15) is 0 Å². The highest BCUT2D eigenvalue weighted by molar-refractivity contribution is 9.10. The second kappa shape index (κ2) is 6.11. The van der Waals surface area contributed by atoms with Gasteiger partial charge in [-0.15, -0.1) is 0 Å². The lowest BCUT2D eigenvalue weighted by atomic mass is 10.1. The minimum Gasteiger partial charge on any atom is -0.458 e. The van der Waals surface area contributed by atoms with Gasteiger partial charge in [-0.1, -0.05) is 6.92 Å². The number of carbonyl (C=O) groups excluding carboxylic acids is 2. The van der Waals surface area contributed by atoms with Gasteiger partial charge < -0.3 is 9.47 Å². The van der Waals surface area contributed by atoms with Crippen LogP contribution in [0.5, 0.6) is 0 Å². The van der Waals surface area contributed by atoms with Gasteiger partial charge in [0.05, 0.1) is 0 Å². The molecule has 1 amide bonds. The Morgan fingerprint density at radius 2 is 1.42 bits per heavy atom. The van der Waals surface area contributed by atoms with Crippen molar-refractivity contribution in [2.24, 2.45) is 0 Å². The van der Waals surface area contributed by atoms with Crippen molar-refractivity contribution in [3.05, 3.63) is 0 Å². The number of nitrogens with one attached hydrogen (secondary N) is 1. The molecule has 0 aromatic rings. The summed E-state index contributed by atoms with van der Waals surface area (Å²) in [7, 11) is 0. The summed E-state index contributed by atoms with van der Waals surface area (Å²) >= 11 is 3.22. The fourth-order valence-corrected chi connectivity index (χ4v) is 1.35. The van der Waals surface area contributed by atoms with E-state index < -0.39 is 27.7 Å². The highest BCUT2D eigenvalue weighted by atomic mass is 79.9. The van der Waals surface area contributed by atoms with Crippen LogP contribution in [0.2, 0.25) is 0 Å². The molecule has 0 unspecified atom stereocenters. The second-order valence-electron chi connectivity index (χ2n) is 6.28. The fourth-order valence-electron chi connectivity index (χ4n) is 1.11. The first kappa shape index (κ1) is 18.2. The number of halogens is 1. The van der Waals surface area contributed by atoms with E-state index in [0.29, 0.717) is 6.42 Å². The third kappa shape index (κ3) is 7.40. The summed E-state index contributed by atoms with van der Waals surface area (Å²) in [5.74, 6) is -0.548. The molecule has 1 atom stereocenters. The highest BCUT2D eigenvalue weighted by Crippen LogP contribution is 2.24. The summed E-state index contributed by atoms with van der Waals surface area (Å²) in [6.45, 7) is 12.3. The average Bonchev–Trinajstić information content (AvgIpc) is 2.11. The van der Waals surface area contributed by atoms with E-state index in [0.717, 1.165) is 0 Å². The van der Waals surface area contributed by atoms with Gasteiger partial charge in [0.25, 0.3) is 0 Å². The van der Waals surface area contributed by atoms with Crippen LogP contribution in [0.1, 0.15) is 54.9 Å². The van der Waals surface area contributed by atoms with Crippen molar-refractivity contribution in [2.45, 2.75) is 70.5 Å². The molecule has 0 bridgehead atoms.